The molecule has 0 bridgehead atoms. The summed E-state index contributed by atoms with van der Waals surface area (Å²) in [5.74, 6) is -0.872. The topological polar surface area (TPSA) is 86.2 Å². The van der Waals surface area contributed by atoms with Crippen LogP contribution >= 0.6 is 0 Å². The molecule has 1 rings (SSSR count). The Hall–Kier alpha value is -1.30. The van der Waals surface area contributed by atoms with E-state index in [0.29, 0.717) is 5.56 Å². The molecule has 0 aliphatic rings. The van der Waals surface area contributed by atoms with Crippen molar-refractivity contribution in [3.05, 3.63) is 23.5 Å². The van der Waals surface area contributed by atoms with Gasteiger partial charge in [0.2, 0.25) is 0 Å². The van der Waals surface area contributed by atoms with Crippen LogP contribution in [0.3, 0.4) is 0 Å². The Morgan fingerprint density at radius 3 is 2.36 bits per heavy atom. The minimum absolute atomic E-state index is 0.00424. The zero-order valence-electron chi connectivity index (χ0n) is 7.62. The highest BCUT2D eigenvalue weighted by atomic mass is 32.2. The molecule has 0 heterocycles. The summed E-state index contributed by atoms with van der Waals surface area (Å²) >= 11 is 0. The minimum Gasteiger partial charge on any atom is -0.397 e. The maximum Gasteiger partial charge on any atom is 0.151 e. The van der Waals surface area contributed by atoms with Crippen molar-refractivity contribution in [1.82, 2.24) is 0 Å². The molecule has 0 unspecified atom stereocenters. The molecule has 0 amide bonds. The lowest BCUT2D eigenvalue weighted by atomic mass is 10.1. The third-order valence-corrected chi connectivity index (χ3v) is 2.58. The van der Waals surface area contributed by atoms with Crippen molar-refractivity contribution in [2.45, 2.75) is 5.75 Å². The molecule has 0 aromatic heterocycles. The van der Waals surface area contributed by atoms with Crippen LogP contribution in [-0.2, 0) is 15.6 Å². The number of nitrogen functional groups attached to an aromatic ring is 2. The third kappa shape index (κ3) is 2.35. The van der Waals surface area contributed by atoms with Crippen molar-refractivity contribution in [3.63, 3.8) is 0 Å². The van der Waals surface area contributed by atoms with Gasteiger partial charge < -0.3 is 11.5 Å². The van der Waals surface area contributed by atoms with Crippen molar-refractivity contribution in [2.24, 2.45) is 0 Å². The van der Waals surface area contributed by atoms with Crippen LogP contribution in [0.25, 0.3) is 0 Å². The number of rotatable bonds is 2. The van der Waals surface area contributed by atoms with Gasteiger partial charge in [-0.05, 0) is 11.6 Å². The predicted octanol–water partition coefficient (Wildman–Crippen LogP) is 0.535. The first kappa shape index (κ1) is 10.8. The highest BCUT2D eigenvalue weighted by molar-refractivity contribution is 7.89. The van der Waals surface area contributed by atoms with Crippen LogP contribution < -0.4 is 11.5 Å². The summed E-state index contributed by atoms with van der Waals surface area (Å²) in [5.41, 5.74) is 10.9. The molecule has 6 heteroatoms. The van der Waals surface area contributed by atoms with E-state index in [9.17, 15) is 12.8 Å². The van der Waals surface area contributed by atoms with Crippen LogP contribution in [0, 0.1) is 5.82 Å². The number of benzene rings is 1. The van der Waals surface area contributed by atoms with E-state index in [1.54, 1.807) is 0 Å². The van der Waals surface area contributed by atoms with Gasteiger partial charge in [-0.15, -0.1) is 0 Å². The molecular weight excluding hydrogens is 207 g/mol. The first-order chi connectivity index (χ1) is 6.31. The summed E-state index contributed by atoms with van der Waals surface area (Å²) < 4.78 is 34.8. The van der Waals surface area contributed by atoms with Gasteiger partial charge in [0.05, 0.1) is 17.1 Å². The van der Waals surface area contributed by atoms with Crippen molar-refractivity contribution in [3.8, 4) is 0 Å². The lowest BCUT2D eigenvalue weighted by Crippen LogP contribution is -2.07. The second-order valence-corrected chi connectivity index (χ2v) is 5.24. The zero-order chi connectivity index (χ0) is 10.9. The largest absolute Gasteiger partial charge is 0.397 e. The molecule has 0 saturated carbocycles. The van der Waals surface area contributed by atoms with E-state index in [1.807, 2.05) is 0 Å². The maximum absolute atomic E-state index is 12.8. The summed E-state index contributed by atoms with van der Waals surface area (Å²) in [7, 11) is -3.19. The quantitative estimate of drug-likeness (QED) is 0.709. The second kappa shape index (κ2) is 3.45. The standard InChI is InChI=1S/C8H11FN2O2S/c1-14(12,13)4-5-2-3-6(9)8(11)7(5)10/h2-3H,4,10-11H2,1H3. The van der Waals surface area contributed by atoms with E-state index in [2.05, 4.69) is 0 Å². The van der Waals surface area contributed by atoms with Gasteiger partial charge in [0.15, 0.2) is 9.84 Å². The fraction of sp³-hybridized carbons (Fsp3) is 0.250. The van der Waals surface area contributed by atoms with Crippen LogP contribution in [0.5, 0.6) is 0 Å². The third-order valence-electron chi connectivity index (χ3n) is 1.74. The lowest BCUT2D eigenvalue weighted by molar-refractivity contribution is 0.601. The Kier molecular flexibility index (Phi) is 2.66. The monoisotopic (exact) mass is 218 g/mol. The number of halogens is 1. The van der Waals surface area contributed by atoms with Crippen LogP contribution in [-0.4, -0.2) is 14.7 Å². The molecule has 14 heavy (non-hydrogen) atoms. The molecule has 0 fully saturated rings. The van der Waals surface area contributed by atoms with Gasteiger partial charge in [-0.25, -0.2) is 12.8 Å². The van der Waals surface area contributed by atoms with Crippen LogP contribution in [0.2, 0.25) is 0 Å². The van der Waals surface area contributed by atoms with Crippen LogP contribution in [0.15, 0.2) is 12.1 Å². The van der Waals surface area contributed by atoms with Gasteiger partial charge in [-0.3, -0.25) is 0 Å². The van der Waals surface area contributed by atoms with Gasteiger partial charge in [0, 0.05) is 6.26 Å². The normalized spacial score (nSPS) is 11.6. The van der Waals surface area contributed by atoms with Crippen molar-refractivity contribution in [1.29, 1.82) is 0 Å². The summed E-state index contributed by atoms with van der Waals surface area (Å²) in [5, 5.41) is 0. The fourth-order valence-electron chi connectivity index (χ4n) is 1.06. The molecule has 0 radical (unpaired) electrons. The van der Waals surface area contributed by atoms with E-state index in [1.165, 1.54) is 6.07 Å². The van der Waals surface area contributed by atoms with E-state index in [0.717, 1.165) is 12.3 Å². The van der Waals surface area contributed by atoms with Crippen molar-refractivity contribution < 1.29 is 12.8 Å². The molecule has 0 aliphatic heterocycles. The molecule has 1 aromatic rings. The molecule has 4 nitrogen and oxygen atoms in total. The van der Waals surface area contributed by atoms with E-state index < -0.39 is 15.7 Å². The average molecular weight is 218 g/mol. The highest BCUT2D eigenvalue weighted by Gasteiger charge is 2.11. The fourth-order valence-corrected chi connectivity index (χ4v) is 1.88. The number of anilines is 2. The summed E-state index contributed by atoms with van der Waals surface area (Å²) in [6, 6.07) is 2.42. The first-order valence-corrected chi connectivity index (χ1v) is 5.87. The van der Waals surface area contributed by atoms with E-state index in [-0.39, 0.29) is 17.1 Å². The lowest BCUT2D eigenvalue weighted by Gasteiger charge is -2.07. The first-order valence-electron chi connectivity index (χ1n) is 3.81. The van der Waals surface area contributed by atoms with Crippen LogP contribution in [0.1, 0.15) is 5.56 Å². The average Bonchev–Trinajstić information content (AvgIpc) is 2.04. The van der Waals surface area contributed by atoms with Gasteiger partial charge in [0.1, 0.15) is 5.82 Å². The molecule has 0 spiro atoms. The van der Waals surface area contributed by atoms with Crippen molar-refractivity contribution in [2.75, 3.05) is 17.7 Å². The molecular formula is C8H11FN2O2S. The molecule has 1 aromatic carbocycles. The Balaban J connectivity index is 3.19. The van der Waals surface area contributed by atoms with Gasteiger partial charge in [0.25, 0.3) is 0 Å². The molecule has 0 saturated heterocycles. The Morgan fingerprint density at radius 1 is 1.29 bits per heavy atom. The molecule has 78 valence electrons. The number of hydrogen-bond donors (Lipinski definition) is 2. The predicted molar refractivity (Wildman–Crippen MR) is 53.8 cm³/mol. The molecule has 4 N–H and O–H groups in total. The number of hydrogen-bond acceptors (Lipinski definition) is 4. The Labute approximate surface area is 81.6 Å². The summed E-state index contributed by atoms with van der Waals surface area (Å²) in [6.07, 6.45) is 1.08. The SMILES string of the molecule is CS(=O)(=O)Cc1ccc(F)c(N)c1N. The summed E-state index contributed by atoms with van der Waals surface area (Å²) in [6.45, 7) is 0. The maximum atomic E-state index is 12.8. The van der Waals surface area contributed by atoms with Gasteiger partial charge in [-0.2, -0.15) is 0 Å². The Bertz CT molecular complexity index is 457. The van der Waals surface area contributed by atoms with Crippen LogP contribution in [0.4, 0.5) is 15.8 Å². The van der Waals surface area contributed by atoms with Gasteiger partial charge >= 0.3 is 0 Å². The molecule has 0 atom stereocenters. The number of nitrogens with two attached hydrogens (primary N) is 2. The zero-order valence-corrected chi connectivity index (χ0v) is 8.44. The smallest absolute Gasteiger partial charge is 0.151 e. The van der Waals surface area contributed by atoms with E-state index >= 15 is 0 Å². The second-order valence-electron chi connectivity index (χ2n) is 3.10. The Morgan fingerprint density at radius 2 is 1.86 bits per heavy atom. The minimum atomic E-state index is -3.19. The summed E-state index contributed by atoms with van der Waals surface area (Å²) in [4.78, 5) is 0. The highest BCUT2D eigenvalue weighted by Crippen LogP contribution is 2.24. The number of sulfone groups is 1. The van der Waals surface area contributed by atoms with Crippen molar-refractivity contribution >= 4 is 21.2 Å². The van der Waals surface area contributed by atoms with Gasteiger partial charge in [-0.1, -0.05) is 6.07 Å². The molecule has 0 aliphatic carbocycles. The van der Waals surface area contributed by atoms with E-state index in [4.69, 9.17) is 11.5 Å².